The number of aromatic nitrogens is 1. The molecule has 1 saturated heterocycles. The number of oxazole rings is 1. The highest BCUT2D eigenvalue weighted by Crippen LogP contribution is 2.37. The minimum atomic E-state index is -0.595. The molecule has 1 saturated carbocycles. The van der Waals surface area contributed by atoms with Crippen molar-refractivity contribution >= 4 is 5.91 Å². The van der Waals surface area contributed by atoms with Gasteiger partial charge in [-0.25, -0.2) is 9.37 Å². The second kappa shape index (κ2) is 6.02. The minimum Gasteiger partial charge on any atom is -0.448 e. The number of hydrogen-bond donors (Lipinski definition) is 1. The van der Waals surface area contributed by atoms with Crippen LogP contribution in [0.1, 0.15) is 59.6 Å². The molecule has 5 nitrogen and oxygen atoms in total. The summed E-state index contributed by atoms with van der Waals surface area (Å²) in [5.74, 6) is 0.373. The Morgan fingerprint density at radius 1 is 1.29 bits per heavy atom. The summed E-state index contributed by atoms with van der Waals surface area (Å²) in [6.45, 7) is 0.243. The fourth-order valence-corrected chi connectivity index (χ4v) is 3.41. The van der Waals surface area contributed by atoms with E-state index in [4.69, 9.17) is 4.42 Å². The van der Waals surface area contributed by atoms with Crippen LogP contribution < -0.4 is 0 Å². The van der Waals surface area contributed by atoms with Gasteiger partial charge in [0.1, 0.15) is 12.1 Å². The van der Waals surface area contributed by atoms with Gasteiger partial charge in [-0.2, -0.15) is 0 Å². The first-order valence-electron chi connectivity index (χ1n) is 8.32. The Hall–Kier alpha value is -2.21. The van der Waals surface area contributed by atoms with Crippen LogP contribution in [-0.4, -0.2) is 33.5 Å². The fourth-order valence-electron chi connectivity index (χ4n) is 3.41. The Balaban J connectivity index is 1.57. The molecule has 1 aliphatic heterocycles. The van der Waals surface area contributed by atoms with Crippen LogP contribution in [0.2, 0.25) is 0 Å². The van der Waals surface area contributed by atoms with E-state index >= 15 is 0 Å². The predicted molar refractivity (Wildman–Crippen MR) is 83.9 cm³/mol. The van der Waals surface area contributed by atoms with E-state index in [0.717, 1.165) is 18.4 Å². The number of carbonyl (C=O) groups is 1. The third-order valence-electron chi connectivity index (χ3n) is 4.99. The second-order valence-corrected chi connectivity index (χ2v) is 6.61. The molecule has 1 aliphatic carbocycles. The van der Waals surface area contributed by atoms with Gasteiger partial charge in [0.15, 0.2) is 11.6 Å². The SMILES string of the molecule is O=C(c1coc(C2CCC2)n1)N1C[C@H](O)C[C@@H]1c1ccc(F)cc1. The van der Waals surface area contributed by atoms with Gasteiger partial charge in [0.25, 0.3) is 5.91 Å². The molecule has 6 heteroatoms. The summed E-state index contributed by atoms with van der Waals surface area (Å²) in [6, 6.07) is 5.76. The summed E-state index contributed by atoms with van der Waals surface area (Å²) in [7, 11) is 0. The standard InChI is InChI=1S/C18H19FN2O3/c19-13-6-4-11(5-7-13)16-8-14(22)9-21(16)18(23)15-10-24-17(20-15)12-2-1-3-12/h4-7,10,12,14,16,22H,1-3,8-9H2/t14-,16-/m1/s1. The lowest BCUT2D eigenvalue weighted by molar-refractivity contribution is 0.0709. The van der Waals surface area contributed by atoms with Gasteiger partial charge in [-0.15, -0.1) is 0 Å². The summed E-state index contributed by atoms with van der Waals surface area (Å²) in [5, 5.41) is 10.0. The van der Waals surface area contributed by atoms with Crippen molar-refractivity contribution in [3.05, 3.63) is 53.5 Å². The lowest BCUT2D eigenvalue weighted by Crippen LogP contribution is -2.32. The van der Waals surface area contributed by atoms with Crippen LogP contribution in [0.5, 0.6) is 0 Å². The molecular weight excluding hydrogens is 311 g/mol. The lowest BCUT2D eigenvalue weighted by atomic mass is 9.85. The van der Waals surface area contributed by atoms with E-state index in [-0.39, 0.29) is 30.0 Å². The van der Waals surface area contributed by atoms with E-state index in [0.29, 0.717) is 18.2 Å². The minimum absolute atomic E-state index is 0.243. The number of rotatable bonds is 3. The van der Waals surface area contributed by atoms with Crippen molar-refractivity contribution in [1.82, 2.24) is 9.88 Å². The molecule has 0 bridgehead atoms. The molecule has 2 heterocycles. The van der Waals surface area contributed by atoms with Gasteiger partial charge in [0, 0.05) is 12.5 Å². The summed E-state index contributed by atoms with van der Waals surface area (Å²) < 4.78 is 18.6. The lowest BCUT2D eigenvalue weighted by Gasteiger charge is -2.24. The summed E-state index contributed by atoms with van der Waals surface area (Å²) in [5.41, 5.74) is 1.09. The van der Waals surface area contributed by atoms with E-state index in [9.17, 15) is 14.3 Å². The quantitative estimate of drug-likeness (QED) is 0.939. The molecule has 1 aromatic carbocycles. The van der Waals surface area contributed by atoms with Gasteiger partial charge < -0.3 is 14.4 Å². The molecule has 4 rings (SSSR count). The highest BCUT2D eigenvalue weighted by molar-refractivity contribution is 5.92. The number of nitrogens with zero attached hydrogens (tertiary/aromatic N) is 2. The van der Waals surface area contributed by atoms with Crippen LogP contribution in [-0.2, 0) is 0 Å². The molecule has 0 unspecified atom stereocenters. The van der Waals surface area contributed by atoms with Gasteiger partial charge in [0.05, 0.1) is 12.1 Å². The maximum absolute atomic E-state index is 13.1. The van der Waals surface area contributed by atoms with Crippen molar-refractivity contribution in [3.63, 3.8) is 0 Å². The Morgan fingerprint density at radius 2 is 2.04 bits per heavy atom. The first-order valence-corrected chi connectivity index (χ1v) is 8.32. The van der Waals surface area contributed by atoms with E-state index in [1.165, 1.54) is 24.8 Å². The van der Waals surface area contributed by atoms with Crippen molar-refractivity contribution in [2.24, 2.45) is 0 Å². The van der Waals surface area contributed by atoms with Crippen LogP contribution in [0.15, 0.2) is 34.9 Å². The van der Waals surface area contributed by atoms with Crippen molar-refractivity contribution in [2.75, 3.05) is 6.54 Å². The van der Waals surface area contributed by atoms with Crippen LogP contribution in [0, 0.1) is 5.82 Å². The van der Waals surface area contributed by atoms with Crippen molar-refractivity contribution in [3.8, 4) is 0 Å². The fraction of sp³-hybridized carbons (Fsp3) is 0.444. The maximum Gasteiger partial charge on any atom is 0.276 e. The van der Waals surface area contributed by atoms with Crippen LogP contribution in [0.4, 0.5) is 4.39 Å². The zero-order chi connectivity index (χ0) is 16.7. The summed E-state index contributed by atoms with van der Waals surface area (Å²) >= 11 is 0. The molecule has 2 atom stereocenters. The maximum atomic E-state index is 13.1. The van der Waals surface area contributed by atoms with Gasteiger partial charge in [-0.3, -0.25) is 4.79 Å². The van der Waals surface area contributed by atoms with Crippen LogP contribution in [0.3, 0.4) is 0 Å². The molecule has 1 N–H and O–H groups in total. The molecule has 0 spiro atoms. The predicted octanol–water partition coefficient (Wildman–Crippen LogP) is 3.03. The average Bonchev–Trinajstić information content (AvgIpc) is 3.13. The Morgan fingerprint density at radius 3 is 2.71 bits per heavy atom. The third-order valence-corrected chi connectivity index (χ3v) is 4.99. The Bertz CT molecular complexity index is 739. The van der Waals surface area contributed by atoms with Crippen molar-refractivity contribution in [2.45, 2.75) is 43.7 Å². The molecular formula is C18H19FN2O3. The molecule has 1 amide bonds. The Labute approximate surface area is 139 Å². The first-order chi connectivity index (χ1) is 11.6. The number of likely N-dealkylation sites (tertiary alicyclic amines) is 1. The molecule has 1 aromatic heterocycles. The second-order valence-electron chi connectivity index (χ2n) is 6.61. The molecule has 0 radical (unpaired) electrons. The number of aliphatic hydroxyl groups is 1. The van der Waals surface area contributed by atoms with E-state index < -0.39 is 6.10 Å². The van der Waals surface area contributed by atoms with Crippen molar-refractivity contribution in [1.29, 1.82) is 0 Å². The highest BCUT2D eigenvalue weighted by atomic mass is 19.1. The van der Waals surface area contributed by atoms with E-state index in [1.807, 2.05) is 0 Å². The van der Waals surface area contributed by atoms with E-state index in [1.54, 1.807) is 17.0 Å². The van der Waals surface area contributed by atoms with Crippen LogP contribution >= 0.6 is 0 Å². The number of halogens is 1. The molecule has 24 heavy (non-hydrogen) atoms. The number of benzene rings is 1. The Kier molecular flexibility index (Phi) is 3.84. The monoisotopic (exact) mass is 330 g/mol. The van der Waals surface area contributed by atoms with Gasteiger partial charge in [0.2, 0.25) is 0 Å². The van der Waals surface area contributed by atoms with Gasteiger partial charge in [-0.05, 0) is 37.0 Å². The molecule has 126 valence electrons. The highest BCUT2D eigenvalue weighted by Gasteiger charge is 2.37. The zero-order valence-electron chi connectivity index (χ0n) is 13.2. The van der Waals surface area contributed by atoms with E-state index in [2.05, 4.69) is 4.98 Å². The number of β-amino-alcohol motifs (C(OH)–C–C–N with tert-alkyl or cyclic N) is 1. The first kappa shape index (κ1) is 15.3. The summed E-state index contributed by atoms with van der Waals surface area (Å²) in [4.78, 5) is 18.7. The van der Waals surface area contributed by atoms with Crippen LogP contribution in [0.25, 0.3) is 0 Å². The largest absolute Gasteiger partial charge is 0.448 e. The molecule has 2 aromatic rings. The molecule has 2 fully saturated rings. The average molecular weight is 330 g/mol. The normalized spacial score (nSPS) is 24.2. The summed E-state index contributed by atoms with van der Waals surface area (Å²) in [6.07, 6.45) is 4.51. The smallest absolute Gasteiger partial charge is 0.276 e. The third kappa shape index (κ3) is 2.71. The number of amides is 1. The van der Waals surface area contributed by atoms with Gasteiger partial charge >= 0.3 is 0 Å². The topological polar surface area (TPSA) is 66.6 Å². The number of carbonyl (C=O) groups excluding carboxylic acids is 1. The van der Waals surface area contributed by atoms with Gasteiger partial charge in [-0.1, -0.05) is 18.6 Å². The number of hydrogen-bond acceptors (Lipinski definition) is 4. The number of aliphatic hydroxyl groups excluding tert-OH is 1. The molecule has 2 aliphatic rings. The zero-order valence-corrected chi connectivity index (χ0v) is 13.2. The van der Waals surface area contributed by atoms with Crippen molar-refractivity contribution < 1.29 is 18.7 Å².